The van der Waals surface area contributed by atoms with Crippen molar-refractivity contribution in [3.63, 3.8) is 0 Å². The summed E-state index contributed by atoms with van der Waals surface area (Å²) in [6.07, 6.45) is 7.22. The molecule has 3 rings (SSSR count). The van der Waals surface area contributed by atoms with Gasteiger partial charge in [-0.3, -0.25) is 14.6 Å². The summed E-state index contributed by atoms with van der Waals surface area (Å²) in [7, 11) is 0. The highest BCUT2D eigenvalue weighted by molar-refractivity contribution is 5.79. The van der Waals surface area contributed by atoms with E-state index >= 15 is 0 Å². The van der Waals surface area contributed by atoms with Gasteiger partial charge >= 0.3 is 0 Å². The number of amides is 1. The summed E-state index contributed by atoms with van der Waals surface area (Å²) < 4.78 is 0. The molecule has 1 aromatic rings. The van der Waals surface area contributed by atoms with Crippen LogP contribution in [0, 0.1) is 0 Å². The van der Waals surface area contributed by atoms with Gasteiger partial charge in [-0.15, -0.1) is 0 Å². The van der Waals surface area contributed by atoms with E-state index in [-0.39, 0.29) is 5.91 Å². The van der Waals surface area contributed by atoms with E-state index in [1.54, 1.807) is 18.3 Å². The number of pyridine rings is 1. The van der Waals surface area contributed by atoms with Crippen molar-refractivity contribution in [2.75, 3.05) is 32.7 Å². The number of likely N-dealkylation sites (tertiary alicyclic amines) is 2. The first-order valence-electron chi connectivity index (χ1n) is 8.89. The molecular formula is C18H26N4O2. The van der Waals surface area contributed by atoms with Gasteiger partial charge < -0.3 is 15.1 Å². The van der Waals surface area contributed by atoms with Crippen molar-refractivity contribution in [2.45, 2.75) is 38.3 Å². The summed E-state index contributed by atoms with van der Waals surface area (Å²) in [5, 5.41) is 3.16. The molecule has 0 unspecified atom stereocenters. The van der Waals surface area contributed by atoms with Crippen LogP contribution in [0.1, 0.15) is 41.7 Å². The third-order valence-corrected chi connectivity index (χ3v) is 4.92. The van der Waals surface area contributed by atoms with Gasteiger partial charge in [-0.05, 0) is 50.9 Å². The summed E-state index contributed by atoms with van der Waals surface area (Å²) in [4.78, 5) is 32.0. The second-order valence-corrected chi connectivity index (χ2v) is 6.69. The van der Waals surface area contributed by atoms with Gasteiger partial charge in [-0.2, -0.15) is 0 Å². The molecule has 0 bridgehead atoms. The summed E-state index contributed by atoms with van der Waals surface area (Å²) in [6.45, 7) is 5.07. The van der Waals surface area contributed by atoms with Gasteiger partial charge in [0.25, 0.3) is 0 Å². The molecule has 130 valence electrons. The zero-order valence-corrected chi connectivity index (χ0v) is 14.1. The molecule has 1 aromatic heterocycles. The minimum atomic E-state index is 0.170. The average Bonchev–Trinajstić information content (AvgIpc) is 3.27. The van der Waals surface area contributed by atoms with Gasteiger partial charge in [0.2, 0.25) is 5.91 Å². The topological polar surface area (TPSA) is 65.5 Å². The van der Waals surface area contributed by atoms with Crippen LogP contribution >= 0.6 is 0 Å². The third kappa shape index (κ3) is 4.39. The maximum Gasteiger partial charge on any atom is 0.236 e. The number of hydrogen-bond acceptors (Lipinski definition) is 5. The summed E-state index contributed by atoms with van der Waals surface area (Å²) >= 11 is 0. The molecule has 0 aromatic carbocycles. The standard InChI is InChI=1S/C18H26N4O2/c23-14-15-5-6-20-16(10-15)11-19-12-18(24)22-9-3-4-17(22)13-21-7-1-2-8-21/h5-6,10,14,17,19H,1-4,7-9,11-13H2/t17-/m1/s1. The highest BCUT2D eigenvalue weighted by atomic mass is 16.2. The van der Waals surface area contributed by atoms with Crippen LogP contribution in [-0.4, -0.2) is 65.7 Å². The first-order chi connectivity index (χ1) is 11.8. The molecule has 3 heterocycles. The van der Waals surface area contributed by atoms with Crippen LogP contribution in [0.2, 0.25) is 0 Å². The van der Waals surface area contributed by atoms with E-state index in [0.717, 1.165) is 37.9 Å². The minimum absolute atomic E-state index is 0.170. The number of rotatable bonds is 7. The van der Waals surface area contributed by atoms with E-state index in [1.165, 1.54) is 25.9 Å². The van der Waals surface area contributed by atoms with Crippen LogP contribution in [0.5, 0.6) is 0 Å². The zero-order valence-electron chi connectivity index (χ0n) is 14.1. The molecule has 1 amide bonds. The first kappa shape index (κ1) is 17.0. The fraction of sp³-hybridized carbons (Fsp3) is 0.611. The quantitative estimate of drug-likeness (QED) is 0.758. The molecule has 1 N–H and O–H groups in total. The maximum absolute atomic E-state index is 12.5. The fourth-order valence-corrected chi connectivity index (χ4v) is 3.68. The van der Waals surface area contributed by atoms with Crippen molar-refractivity contribution in [1.82, 2.24) is 20.1 Å². The van der Waals surface area contributed by atoms with E-state index in [9.17, 15) is 9.59 Å². The Bertz CT molecular complexity index is 572. The second-order valence-electron chi connectivity index (χ2n) is 6.69. The monoisotopic (exact) mass is 330 g/mol. The molecular weight excluding hydrogens is 304 g/mol. The predicted octanol–water partition coefficient (Wildman–Crippen LogP) is 1.07. The van der Waals surface area contributed by atoms with E-state index in [2.05, 4.69) is 15.2 Å². The Labute approximate surface area is 143 Å². The predicted molar refractivity (Wildman–Crippen MR) is 91.7 cm³/mol. The molecule has 0 aliphatic carbocycles. The number of carbonyl (C=O) groups is 2. The van der Waals surface area contributed by atoms with Crippen molar-refractivity contribution in [1.29, 1.82) is 0 Å². The minimum Gasteiger partial charge on any atom is -0.337 e. The molecule has 0 spiro atoms. The van der Waals surface area contributed by atoms with Crippen LogP contribution in [0.25, 0.3) is 0 Å². The van der Waals surface area contributed by atoms with Crippen molar-refractivity contribution < 1.29 is 9.59 Å². The third-order valence-electron chi connectivity index (χ3n) is 4.92. The fourth-order valence-electron chi connectivity index (χ4n) is 3.68. The van der Waals surface area contributed by atoms with Gasteiger partial charge in [0.1, 0.15) is 6.29 Å². The summed E-state index contributed by atoms with van der Waals surface area (Å²) in [5.74, 6) is 0.170. The molecule has 0 radical (unpaired) electrons. The number of hydrogen-bond donors (Lipinski definition) is 1. The smallest absolute Gasteiger partial charge is 0.236 e. The number of aromatic nitrogens is 1. The van der Waals surface area contributed by atoms with Gasteiger partial charge in [0, 0.05) is 37.4 Å². The average molecular weight is 330 g/mol. The first-order valence-corrected chi connectivity index (χ1v) is 8.89. The van der Waals surface area contributed by atoms with E-state index < -0.39 is 0 Å². The van der Waals surface area contributed by atoms with Crippen LogP contribution in [0.3, 0.4) is 0 Å². The molecule has 2 aliphatic rings. The molecule has 2 saturated heterocycles. The Morgan fingerprint density at radius 2 is 2.12 bits per heavy atom. The Morgan fingerprint density at radius 3 is 2.92 bits per heavy atom. The van der Waals surface area contributed by atoms with Crippen molar-refractivity contribution in [3.05, 3.63) is 29.6 Å². The second kappa shape index (κ2) is 8.35. The molecule has 2 fully saturated rings. The Balaban J connectivity index is 1.45. The lowest BCUT2D eigenvalue weighted by Gasteiger charge is -2.28. The van der Waals surface area contributed by atoms with Gasteiger partial charge in [-0.25, -0.2) is 0 Å². The molecule has 6 nitrogen and oxygen atoms in total. The van der Waals surface area contributed by atoms with Crippen LogP contribution in [-0.2, 0) is 11.3 Å². The van der Waals surface area contributed by atoms with Crippen molar-refractivity contribution >= 4 is 12.2 Å². The van der Waals surface area contributed by atoms with Crippen LogP contribution in [0.4, 0.5) is 0 Å². The van der Waals surface area contributed by atoms with E-state index in [0.29, 0.717) is 24.7 Å². The molecule has 0 saturated carbocycles. The molecule has 6 heteroatoms. The normalized spacial score (nSPS) is 21.3. The Morgan fingerprint density at radius 1 is 1.29 bits per heavy atom. The number of nitrogens with zero attached hydrogens (tertiary/aromatic N) is 3. The van der Waals surface area contributed by atoms with Gasteiger partial charge in [0.05, 0.1) is 12.2 Å². The van der Waals surface area contributed by atoms with Crippen molar-refractivity contribution in [3.8, 4) is 0 Å². The molecule has 24 heavy (non-hydrogen) atoms. The summed E-state index contributed by atoms with van der Waals surface area (Å²) in [6, 6.07) is 3.79. The SMILES string of the molecule is O=Cc1ccnc(CNCC(=O)N2CCC[C@@H]2CN2CCCC2)c1. The zero-order chi connectivity index (χ0) is 16.8. The molecule has 2 aliphatic heterocycles. The largest absolute Gasteiger partial charge is 0.337 e. The highest BCUT2D eigenvalue weighted by Crippen LogP contribution is 2.20. The van der Waals surface area contributed by atoms with Crippen LogP contribution < -0.4 is 5.32 Å². The van der Waals surface area contributed by atoms with E-state index in [1.807, 2.05) is 4.90 Å². The number of nitrogens with one attached hydrogen (secondary N) is 1. The maximum atomic E-state index is 12.5. The lowest BCUT2D eigenvalue weighted by molar-refractivity contribution is -0.131. The number of aldehydes is 1. The highest BCUT2D eigenvalue weighted by Gasteiger charge is 2.30. The Kier molecular flexibility index (Phi) is 5.93. The molecule has 1 atom stereocenters. The summed E-state index contributed by atoms with van der Waals surface area (Å²) in [5.41, 5.74) is 1.39. The lowest BCUT2D eigenvalue weighted by atomic mass is 10.2. The van der Waals surface area contributed by atoms with Crippen molar-refractivity contribution in [2.24, 2.45) is 0 Å². The van der Waals surface area contributed by atoms with Gasteiger partial charge in [0.15, 0.2) is 0 Å². The van der Waals surface area contributed by atoms with Crippen LogP contribution in [0.15, 0.2) is 18.3 Å². The van der Waals surface area contributed by atoms with E-state index in [4.69, 9.17) is 0 Å². The number of carbonyl (C=O) groups excluding carboxylic acids is 2. The lowest BCUT2D eigenvalue weighted by Crippen LogP contribution is -2.45. The van der Waals surface area contributed by atoms with Gasteiger partial charge in [-0.1, -0.05) is 0 Å². The Hall–Kier alpha value is -1.79.